The average Bonchev–Trinajstić information content (AvgIpc) is 3.12. The monoisotopic (exact) mass is 320 g/mol. The molecule has 4 N–H and O–H groups in total. The molecule has 122 valence electrons. The number of anilines is 1. The largest absolute Gasteiger partial charge is 0.478 e. The van der Waals surface area contributed by atoms with Crippen molar-refractivity contribution in [2.75, 3.05) is 5.32 Å². The number of nitrogens with zero attached hydrogens (tertiary/aromatic N) is 4. The minimum atomic E-state index is -1.14. The average molecular weight is 320 g/mol. The van der Waals surface area contributed by atoms with Crippen molar-refractivity contribution in [3.8, 4) is 0 Å². The van der Waals surface area contributed by atoms with E-state index in [0.717, 1.165) is 6.20 Å². The third kappa shape index (κ3) is 3.20. The second-order valence-corrected chi connectivity index (χ2v) is 4.77. The van der Waals surface area contributed by atoms with E-state index in [0.29, 0.717) is 6.54 Å². The first-order valence-corrected chi connectivity index (χ1v) is 6.79. The van der Waals surface area contributed by atoms with Crippen molar-refractivity contribution in [3.63, 3.8) is 0 Å². The number of hydrogen-bond acceptors (Lipinski definition) is 5. The number of carbonyl (C=O) groups is 3. The van der Waals surface area contributed by atoms with Gasteiger partial charge in [0, 0.05) is 12.7 Å². The van der Waals surface area contributed by atoms with Crippen LogP contribution in [0.5, 0.6) is 0 Å². The van der Waals surface area contributed by atoms with Gasteiger partial charge in [-0.2, -0.15) is 10.2 Å². The van der Waals surface area contributed by atoms with E-state index in [4.69, 9.17) is 10.8 Å². The van der Waals surface area contributed by atoms with E-state index in [-0.39, 0.29) is 16.9 Å². The summed E-state index contributed by atoms with van der Waals surface area (Å²) in [5.41, 5.74) is 5.57. The van der Waals surface area contributed by atoms with E-state index >= 15 is 0 Å². The van der Waals surface area contributed by atoms with Crippen LogP contribution in [0, 0.1) is 0 Å². The Labute approximate surface area is 130 Å². The number of aryl methyl sites for hydroxylation is 1. The summed E-state index contributed by atoms with van der Waals surface area (Å²) in [5, 5.41) is 19.2. The number of aromatic nitrogens is 4. The van der Waals surface area contributed by atoms with Crippen LogP contribution in [0.3, 0.4) is 0 Å². The van der Waals surface area contributed by atoms with Gasteiger partial charge >= 0.3 is 5.97 Å². The summed E-state index contributed by atoms with van der Waals surface area (Å²) in [4.78, 5) is 34.6. The van der Waals surface area contributed by atoms with E-state index in [9.17, 15) is 14.4 Å². The van der Waals surface area contributed by atoms with Crippen LogP contribution in [0.25, 0.3) is 0 Å². The summed E-state index contributed by atoms with van der Waals surface area (Å²) in [5.74, 6) is -2.33. The molecule has 0 spiro atoms. The molecule has 0 radical (unpaired) electrons. The molecule has 0 aliphatic carbocycles. The van der Waals surface area contributed by atoms with Crippen LogP contribution in [0.4, 0.5) is 5.69 Å². The highest BCUT2D eigenvalue weighted by Gasteiger charge is 2.22. The lowest BCUT2D eigenvalue weighted by Gasteiger charge is -2.12. The maximum atomic E-state index is 12.3. The molecule has 0 bridgehead atoms. The molecule has 2 rings (SSSR count). The number of nitrogens with two attached hydrogens (primary N) is 1. The maximum absolute atomic E-state index is 12.3. The molecule has 1 atom stereocenters. The predicted octanol–water partition coefficient (Wildman–Crippen LogP) is 0.0963. The number of amides is 2. The highest BCUT2D eigenvalue weighted by Crippen LogP contribution is 2.17. The molecule has 0 fully saturated rings. The number of rotatable bonds is 6. The Bertz CT molecular complexity index is 762. The second-order valence-electron chi connectivity index (χ2n) is 4.77. The summed E-state index contributed by atoms with van der Waals surface area (Å²) in [6, 6.07) is -0.784. The molecule has 10 heteroatoms. The van der Waals surface area contributed by atoms with Crippen LogP contribution in [0.15, 0.2) is 18.6 Å². The maximum Gasteiger partial charge on any atom is 0.338 e. The lowest BCUT2D eigenvalue weighted by atomic mass is 10.2. The molecule has 23 heavy (non-hydrogen) atoms. The molecule has 0 saturated carbocycles. The first-order valence-electron chi connectivity index (χ1n) is 6.79. The third-order valence-corrected chi connectivity index (χ3v) is 3.25. The van der Waals surface area contributed by atoms with Gasteiger partial charge in [-0.25, -0.2) is 4.79 Å². The van der Waals surface area contributed by atoms with Gasteiger partial charge in [0.15, 0.2) is 0 Å². The molecular weight excluding hydrogens is 304 g/mol. The van der Waals surface area contributed by atoms with Crippen LogP contribution in [0.1, 0.15) is 40.7 Å². The molecule has 0 aliphatic heterocycles. The summed E-state index contributed by atoms with van der Waals surface area (Å²) < 4.78 is 2.59. The summed E-state index contributed by atoms with van der Waals surface area (Å²) in [6.45, 7) is 3.75. The van der Waals surface area contributed by atoms with Crippen molar-refractivity contribution in [2.24, 2.45) is 5.73 Å². The number of aromatic carboxylic acids is 1. The Balaban J connectivity index is 2.19. The molecule has 0 aliphatic rings. The molecule has 2 aromatic rings. The van der Waals surface area contributed by atoms with Gasteiger partial charge in [-0.05, 0) is 13.8 Å². The molecule has 1 unspecified atom stereocenters. The van der Waals surface area contributed by atoms with E-state index in [1.807, 2.05) is 0 Å². The number of carboxylic acids is 1. The highest BCUT2D eigenvalue weighted by atomic mass is 16.4. The first-order chi connectivity index (χ1) is 10.8. The fraction of sp³-hybridized carbons (Fsp3) is 0.308. The molecule has 0 saturated heterocycles. The van der Waals surface area contributed by atoms with Gasteiger partial charge in [-0.15, -0.1) is 0 Å². The Kier molecular flexibility index (Phi) is 4.44. The van der Waals surface area contributed by atoms with E-state index in [2.05, 4.69) is 15.5 Å². The van der Waals surface area contributed by atoms with Crippen LogP contribution in [-0.2, 0) is 11.3 Å². The van der Waals surface area contributed by atoms with Crippen LogP contribution >= 0.6 is 0 Å². The van der Waals surface area contributed by atoms with E-state index in [1.54, 1.807) is 13.8 Å². The Morgan fingerprint density at radius 3 is 2.57 bits per heavy atom. The van der Waals surface area contributed by atoms with Gasteiger partial charge < -0.3 is 16.2 Å². The van der Waals surface area contributed by atoms with Gasteiger partial charge in [0.2, 0.25) is 5.91 Å². The zero-order valence-corrected chi connectivity index (χ0v) is 12.6. The van der Waals surface area contributed by atoms with Gasteiger partial charge in [0.25, 0.3) is 5.91 Å². The fourth-order valence-corrected chi connectivity index (χ4v) is 1.99. The van der Waals surface area contributed by atoms with Gasteiger partial charge in [0.1, 0.15) is 11.7 Å². The van der Waals surface area contributed by atoms with Gasteiger partial charge in [-0.3, -0.25) is 19.0 Å². The first kappa shape index (κ1) is 16.2. The number of primary amides is 1. The molecule has 2 amide bonds. The summed E-state index contributed by atoms with van der Waals surface area (Å²) in [6.07, 6.45) is 3.73. The highest BCUT2D eigenvalue weighted by molar-refractivity contribution is 6.02. The predicted molar refractivity (Wildman–Crippen MR) is 78.9 cm³/mol. The standard InChI is InChI=1S/C13H16N6O4/c1-3-18-10(11(14)20)9(5-16-18)17-12(21)7(2)19-6-8(4-15-19)13(22)23/h4-7H,3H2,1-2H3,(H2,14,20)(H,17,21)(H,22,23). The number of carbonyl (C=O) groups excluding carboxylic acids is 2. The molecule has 2 heterocycles. The fourth-order valence-electron chi connectivity index (χ4n) is 1.99. The zero-order chi connectivity index (χ0) is 17.1. The minimum absolute atomic E-state index is 0.0266. The minimum Gasteiger partial charge on any atom is -0.478 e. The normalized spacial score (nSPS) is 11.9. The second kappa shape index (κ2) is 6.30. The van der Waals surface area contributed by atoms with Crippen LogP contribution in [0.2, 0.25) is 0 Å². The Morgan fingerprint density at radius 1 is 1.35 bits per heavy atom. The van der Waals surface area contributed by atoms with Crippen molar-refractivity contribution < 1.29 is 19.5 Å². The van der Waals surface area contributed by atoms with Gasteiger partial charge in [0.05, 0.1) is 23.6 Å². The number of hydrogen-bond donors (Lipinski definition) is 3. The van der Waals surface area contributed by atoms with Crippen LogP contribution in [-0.4, -0.2) is 42.5 Å². The van der Waals surface area contributed by atoms with Gasteiger partial charge in [-0.1, -0.05) is 0 Å². The Hall–Kier alpha value is -3.17. The lowest BCUT2D eigenvalue weighted by Crippen LogP contribution is -2.26. The molecule has 0 aromatic carbocycles. The lowest BCUT2D eigenvalue weighted by molar-refractivity contribution is -0.119. The smallest absolute Gasteiger partial charge is 0.338 e. The van der Waals surface area contributed by atoms with Crippen molar-refractivity contribution >= 4 is 23.5 Å². The topological polar surface area (TPSA) is 145 Å². The van der Waals surface area contributed by atoms with Crippen molar-refractivity contribution in [1.29, 1.82) is 0 Å². The van der Waals surface area contributed by atoms with Crippen molar-refractivity contribution in [2.45, 2.75) is 26.4 Å². The van der Waals surface area contributed by atoms with E-state index in [1.165, 1.54) is 21.8 Å². The number of nitrogens with one attached hydrogen (secondary N) is 1. The number of carboxylic acid groups (broad SMARTS) is 1. The quantitative estimate of drug-likeness (QED) is 0.688. The van der Waals surface area contributed by atoms with E-state index < -0.39 is 23.8 Å². The third-order valence-electron chi connectivity index (χ3n) is 3.25. The summed E-state index contributed by atoms with van der Waals surface area (Å²) >= 11 is 0. The van der Waals surface area contributed by atoms with Crippen molar-refractivity contribution in [3.05, 3.63) is 29.8 Å². The zero-order valence-electron chi connectivity index (χ0n) is 12.6. The molecular formula is C13H16N6O4. The summed E-state index contributed by atoms with van der Waals surface area (Å²) in [7, 11) is 0. The van der Waals surface area contributed by atoms with Crippen molar-refractivity contribution in [1.82, 2.24) is 19.6 Å². The molecule has 2 aromatic heterocycles. The molecule has 10 nitrogen and oxygen atoms in total. The van der Waals surface area contributed by atoms with Crippen LogP contribution < -0.4 is 11.1 Å². The Morgan fingerprint density at radius 2 is 2.04 bits per heavy atom. The SMILES string of the molecule is CCn1ncc(NC(=O)C(C)n2cc(C(=O)O)cn2)c1C(N)=O.